The molecule has 0 bridgehead atoms. The van der Waals surface area contributed by atoms with E-state index in [2.05, 4.69) is 62.7 Å². The van der Waals surface area contributed by atoms with Crippen LogP contribution >= 0.6 is 12.2 Å². The summed E-state index contributed by atoms with van der Waals surface area (Å²) in [6.45, 7) is 8.70. The van der Waals surface area contributed by atoms with Gasteiger partial charge in [0.15, 0.2) is 0 Å². The third-order valence-electron chi connectivity index (χ3n) is 6.25. The highest BCUT2D eigenvalue weighted by Gasteiger charge is 2.31. The first kappa shape index (κ1) is 19.4. The Hall–Kier alpha value is -2.58. The molecule has 156 valence electrons. The average molecular weight is 422 g/mol. The van der Waals surface area contributed by atoms with E-state index in [1.807, 2.05) is 18.5 Å². The summed E-state index contributed by atoms with van der Waals surface area (Å²) < 4.78 is 2.27. The van der Waals surface area contributed by atoms with Crippen molar-refractivity contribution < 1.29 is 0 Å². The molecular weight excluding hydrogens is 394 g/mol. The van der Waals surface area contributed by atoms with E-state index in [0.717, 1.165) is 72.1 Å². The van der Waals surface area contributed by atoms with E-state index in [9.17, 15) is 0 Å². The van der Waals surface area contributed by atoms with Gasteiger partial charge in [-0.05, 0) is 51.9 Å². The maximum absolute atomic E-state index is 5.61. The summed E-state index contributed by atoms with van der Waals surface area (Å²) in [5.74, 6) is 1.29. The van der Waals surface area contributed by atoms with Crippen molar-refractivity contribution in [3.8, 4) is 0 Å². The van der Waals surface area contributed by atoms with Crippen molar-refractivity contribution in [2.75, 3.05) is 43.4 Å². The number of thiocarbonyl (C=S) groups is 1. The number of aromatic nitrogens is 4. The molecule has 0 aromatic carbocycles. The van der Waals surface area contributed by atoms with Gasteiger partial charge in [-0.15, -0.1) is 0 Å². The topological polar surface area (TPSA) is 62.1 Å². The molecule has 0 amide bonds. The van der Waals surface area contributed by atoms with Crippen LogP contribution in [0.1, 0.15) is 32.4 Å². The molecule has 1 saturated heterocycles. The highest BCUT2D eigenvalue weighted by molar-refractivity contribution is 7.80. The lowest BCUT2D eigenvalue weighted by Gasteiger charge is -2.34. The van der Waals surface area contributed by atoms with Crippen molar-refractivity contribution in [3.05, 3.63) is 36.3 Å². The van der Waals surface area contributed by atoms with Crippen LogP contribution in [0.3, 0.4) is 0 Å². The van der Waals surface area contributed by atoms with E-state index in [-0.39, 0.29) is 5.54 Å². The predicted molar refractivity (Wildman–Crippen MR) is 125 cm³/mol. The molecule has 0 aliphatic carbocycles. The molecule has 2 aliphatic rings. The molecule has 3 aromatic heterocycles. The van der Waals surface area contributed by atoms with Crippen molar-refractivity contribution in [2.45, 2.75) is 32.2 Å². The lowest BCUT2D eigenvalue weighted by atomic mass is 9.92. The van der Waals surface area contributed by atoms with Crippen LogP contribution in [0, 0.1) is 0 Å². The number of anilines is 3. The van der Waals surface area contributed by atoms with Gasteiger partial charge in [-0.2, -0.15) is 4.98 Å². The number of fused-ring (bicyclic) bond motifs is 3. The van der Waals surface area contributed by atoms with Crippen LogP contribution in [-0.4, -0.2) is 62.5 Å². The van der Waals surface area contributed by atoms with Gasteiger partial charge < -0.3 is 19.7 Å². The van der Waals surface area contributed by atoms with Gasteiger partial charge in [-0.25, -0.2) is 9.97 Å². The van der Waals surface area contributed by atoms with Crippen molar-refractivity contribution >= 4 is 45.6 Å². The number of nitrogens with zero attached hydrogens (tertiary/aromatic N) is 6. The summed E-state index contributed by atoms with van der Waals surface area (Å²) in [4.78, 5) is 19.6. The Bertz CT molecular complexity index is 1090. The van der Waals surface area contributed by atoms with Crippen molar-refractivity contribution in [1.29, 1.82) is 0 Å². The third kappa shape index (κ3) is 3.44. The summed E-state index contributed by atoms with van der Waals surface area (Å²) in [7, 11) is 2.16. The summed E-state index contributed by atoms with van der Waals surface area (Å²) >= 11 is 5.61. The van der Waals surface area contributed by atoms with E-state index in [0.29, 0.717) is 5.95 Å². The van der Waals surface area contributed by atoms with Crippen molar-refractivity contribution in [1.82, 2.24) is 24.4 Å². The average Bonchev–Trinajstić information content (AvgIpc) is 3.13. The zero-order valence-corrected chi connectivity index (χ0v) is 18.5. The molecule has 0 radical (unpaired) electrons. The Morgan fingerprint density at radius 3 is 2.60 bits per heavy atom. The summed E-state index contributed by atoms with van der Waals surface area (Å²) in [5, 5.41) is 4.28. The summed E-state index contributed by atoms with van der Waals surface area (Å²) in [5.41, 5.74) is 3.15. The standard InChI is InChI=1S/C22H27N7S/c1-22(2)7-6-18(30)17-12-15-13-24-21(26-20(15)29(17)22)25-19-5-4-16(14-23-19)28-10-8-27(3)9-11-28/h4-5,12-14H,6-11H2,1-3H3,(H,23,24,25,26). The fourth-order valence-corrected chi connectivity index (χ4v) is 4.61. The molecule has 3 aromatic rings. The summed E-state index contributed by atoms with van der Waals surface area (Å²) in [6, 6.07) is 6.22. The SMILES string of the molecule is CN1CCN(c2ccc(Nc3ncc4cc5n(c4n3)C(C)(C)CCC5=S)nc2)CC1. The van der Waals surface area contributed by atoms with Crippen LogP contribution in [0.2, 0.25) is 0 Å². The van der Waals surface area contributed by atoms with E-state index < -0.39 is 0 Å². The smallest absolute Gasteiger partial charge is 0.230 e. The van der Waals surface area contributed by atoms with Crippen LogP contribution in [0.5, 0.6) is 0 Å². The second-order valence-corrected chi connectivity index (χ2v) is 9.38. The van der Waals surface area contributed by atoms with Crippen LogP contribution in [0.15, 0.2) is 30.6 Å². The van der Waals surface area contributed by atoms with Gasteiger partial charge in [0.25, 0.3) is 0 Å². The zero-order chi connectivity index (χ0) is 20.9. The maximum atomic E-state index is 5.61. The van der Waals surface area contributed by atoms with Crippen LogP contribution in [0.4, 0.5) is 17.5 Å². The summed E-state index contributed by atoms with van der Waals surface area (Å²) in [6.07, 6.45) is 5.76. The lowest BCUT2D eigenvalue weighted by molar-refractivity contribution is 0.313. The molecule has 5 rings (SSSR count). The zero-order valence-electron chi connectivity index (χ0n) is 17.7. The van der Waals surface area contributed by atoms with E-state index >= 15 is 0 Å². The Kier molecular flexibility index (Phi) is 4.71. The molecule has 0 saturated carbocycles. The van der Waals surface area contributed by atoms with Crippen LogP contribution in [0.25, 0.3) is 11.0 Å². The maximum Gasteiger partial charge on any atom is 0.230 e. The second kappa shape index (κ2) is 7.28. The number of rotatable bonds is 3. The largest absolute Gasteiger partial charge is 0.368 e. The second-order valence-electron chi connectivity index (χ2n) is 8.89. The van der Waals surface area contributed by atoms with E-state index in [1.54, 1.807) is 0 Å². The molecule has 30 heavy (non-hydrogen) atoms. The monoisotopic (exact) mass is 421 g/mol. The van der Waals surface area contributed by atoms with Gasteiger partial charge in [0.05, 0.1) is 17.6 Å². The number of hydrogen-bond donors (Lipinski definition) is 1. The molecule has 0 spiro atoms. The van der Waals surface area contributed by atoms with Gasteiger partial charge in [0.2, 0.25) is 5.95 Å². The minimum atomic E-state index is -0.0204. The van der Waals surface area contributed by atoms with Gasteiger partial charge >= 0.3 is 0 Å². The lowest BCUT2D eigenvalue weighted by Crippen LogP contribution is -2.44. The van der Waals surface area contributed by atoms with Gasteiger partial charge in [0, 0.05) is 48.2 Å². The predicted octanol–water partition coefficient (Wildman–Crippen LogP) is 3.57. The highest BCUT2D eigenvalue weighted by Crippen LogP contribution is 2.35. The fourth-order valence-electron chi connectivity index (χ4n) is 4.35. The van der Waals surface area contributed by atoms with Gasteiger partial charge in [0.1, 0.15) is 11.5 Å². The number of hydrogen-bond acceptors (Lipinski definition) is 7. The minimum absolute atomic E-state index is 0.0204. The first-order chi connectivity index (χ1) is 14.4. The van der Waals surface area contributed by atoms with Crippen LogP contribution in [-0.2, 0) is 5.54 Å². The van der Waals surface area contributed by atoms with Gasteiger partial charge in [-0.1, -0.05) is 12.2 Å². The molecule has 8 heteroatoms. The molecule has 0 atom stereocenters. The molecule has 1 N–H and O–H groups in total. The van der Waals surface area contributed by atoms with Crippen molar-refractivity contribution in [3.63, 3.8) is 0 Å². The number of nitrogens with one attached hydrogen (secondary N) is 1. The first-order valence-corrected chi connectivity index (χ1v) is 10.9. The third-order valence-corrected chi connectivity index (χ3v) is 6.67. The van der Waals surface area contributed by atoms with Crippen LogP contribution < -0.4 is 10.2 Å². The molecule has 0 unspecified atom stereocenters. The number of piperazine rings is 1. The molecule has 7 nitrogen and oxygen atoms in total. The van der Waals surface area contributed by atoms with Gasteiger partial charge in [-0.3, -0.25) is 0 Å². The quantitative estimate of drug-likeness (QED) is 0.649. The van der Waals surface area contributed by atoms with Crippen molar-refractivity contribution in [2.24, 2.45) is 0 Å². The number of likely N-dealkylation sites (N-methyl/N-ethyl adjacent to an activating group) is 1. The molecular formula is C22H27N7S. The Balaban J connectivity index is 1.40. The number of pyridine rings is 1. The Morgan fingerprint density at radius 1 is 1.07 bits per heavy atom. The molecule has 1 fully saturated rings. The Morgan fingerprint density at radius 2 is 1.87 bits per heavy atom. The minimum Gasteiger partial charge on any atom is -0.368 e. The molecule has 2 aliphatic heterocycles. The normalized spacial score (nSPS) is 19.2. The Labute approximate surface area is 182 Å². The van der Waals surface area contributed by atoms with E-state index in [1.165, 1.54) is 0 Å². The fraction of sp³-hybridized carbons (Fsp3) is 0.455. The van der Waals surface area contributed by atoms with E-state index in [4.69, 9.17) is 17.2 Å². The first-order valence-electron chi connectivity index (χ1n) is 10.5. The highest BCUT2D eigenvalue weighted by atomic mass is 32.1. The molecule has 5 heterocycles.